The third-order valence-corrected chi connectivity index (χ3v) is 1.24. The van der Waals surface area contributed by atoms with Crippen molar-refractivity contribution in [2.75, 3.05) is 0 Å². The number of alkyl carbamates (subject to hydrolysis) is 1. The van der Waals surface area contributed by atoms with E-state index >= 15 is 0 Å². The summed E-state index contributed by atoms with van der Waals surface area (Å²) in [5.41, 5.74) is 4.71. The number of hydrogen-bond donors (Lipinski definition) is 2. The van der Waals surface area contributed by atoms with E-state index in [1.807, 2.05) is 0 Å². The molecule has 0 rings (SSSR count). The Hall–Kier alpha value is -0.530. The number of carbonyl (C=O) groups excluding carboxylic acids is 1. The molecule has 0 aromatic rings. The zero-order chi connectivity index (χ0) is 9.78. The Morgan fingerprint density at radius 3 is 2.42 bits per heavy atom. The molecule has 12 heavy (non-hydrogen) atoms. The van der Waals surface area contributed by atoms with Gasteiger partial charge in [-0.05, 0) is 20.8 Å². The highest BCUT2D eigenvalue weighted by molar-refractivity contribution is 14.1. The van der Waals surface area contributed by atoms with Gasteiger partial charge in [0, 0.05) is 0 Å². The molecule has 5 nitrogen and oxygen atoms in total. The molecule has 0 fully saturated rings. The molecule has 0 unspecified atom stereocenters. The third kappa shape index (κ3) is 6.20. The number of nitrogens with one attached hydrogen (secondary N) is 1. The Kier molecular flexibility index (Phi) is 4.29. The van der Waals surface area contributed by atoms with Crippen LogP contribution in [0.25, 0.3) is 0 Å². The van der Waals surface area contributed by atoms with Gasteiger partial charge in [0.15, 0.2) is 0 Å². The van der Waals surface area contributed by atoms with Crippen LogP contribution < -0.4 is 11.1 Å². The maximum atomic E-state index is 10.9. The predicted molar refractivity (Wildman–Crippen MR) is 55.0 cm³/mol. The van der Waals surface area contributed by atoms with Crippen LogP contribution >= 0.6 is 22.9 Å². The summed E-state index contributed by atoms with van der Waals surface area (Å²) in [6, 6.07) is 0. The van der Waals surface area contributed by atoms with Crippen molar-refractivity contribution in [3.63, 3.8) is 0 Å². The molecule has 3 N–H and O–H groups in total. The lowest BCUT2D eigenvalue weighted by Crippen LogP contribution is -2.40. The highest BCUT2D eigenvalue weighted by Crippen LogP contribution is 2.06. The summed E-state index contributed by atoms with van der Waals surface area (Å²) in [6.45, 7) is 5.30. The maximum Gasteiger partial charge on any atom is 0.414 e. The second-order valence-corrected chi connectivity index (χ2v) is 3.58. The average Bonchev–Trinajstić information content (AvgIpc) is 1.82. The Bertz CT molecular complexity index is 197. The second kappa shape index (κ2) is 4.48. The van der Waals surface area contributed by atoms with Gasteiger partial charge >= 0.3 is 6.09 Å². The lowest BCUT2D eigenvalue weighted by atomic mass is 10.2. The summed E-state index contributed by atoms with van der Waals surface area (Å²) in [5, 5.41) is 2.25. The summed E-state index contributed by atoms with van der Waals surface area (Å²) in [6.07, 6.45) is -0.597. The number of nitrogens with two attached hydrogens (primary N) is 1. The Morgan fingerprint density at radius 1 is 1.58 bits per heavy atom. The minimum atomic E-state index is -0.597. The molecule has 70 valence electrons. The molecule has 0 aliphatic heterocycles. The first kappa shape index (κ1) is 11.5. The van der Waals surface area contributed by atoms with Crippen LogP contribution in [0.5, 0.6) is 0 Å². The lowest BCUT2D eigenvalue weighted by Gasteiger charge is -2.19. The summed E-state index contributed by atoms with van der Waals surface area (Å²) < 4.78 is 8.41. The smallest absolute Gasteiger partial charge is 0.414 e. The monoisotopic (exact) mass is 285 g/mol. The Labute approximate surface area is 85.2 Å². The SMILES string of the molecule is CC(C)(C)OC(=O)NC(N)=NI. The summed E-state index contributed by atoms with van der Waals surface area (Å²) in [4.78, 5) is 10.9. The maximum absolute atomic E-state index is 10.9. The summed E-state index contributed by atoms with van der Waals surface area (Å²) in [7, 11) is 0. The standard InChI is InChI=1S/C6H12IN3O2/c1-6(2,3)12-5(11)9-4(8)10-7/h1-3H3,(H3,8,9,10,11). The highest BCUT2D eigenvalue weighted by atomic mass is 127. The number of rotatable bonds is 0. The van der Waals surface area contributed by atoms with Crippen LogP contribution in [0.2, 0.25) is 0 Å². The largest absolute Gasteiger partial charge is 0.444 e. The fourth-order valence-electron chi connectivity index (χ4n) is 0.429. The van der Waals surface area contributed by atoms with Gasteiger partial charge in [-0.3, -0.25) is 5.32 Å². The molecule has 0 spiro atoms. The van der Waals surface area contributed by atoms with E-state index in [0.29, 0.717) is 0 Å². The van der Waals surface area contributed by atoms with Crippen molar-refractivity contribution >= 4 is 34.9 Å². The molecule has 0 radical (unpaired) electrons. The molecule has 0 aromatic carbocycles. The van der Waals surface area contributed by atoms with Crippen molar-refractivity contribution in [2.45, 2.75) is 26.4 Å². The number of ether oxygens (including phenoxy) is 1. The van der Waals surface area contributed by atoms with E-state index in [2.05, 4.69) is 8.52 Å². The van der Waals surface area contributed by atoms with Crippen molar-refractivity contribution in [3.05, 3.63) is 0 Å². The van der Waals surface area contributed by atoms with E-state index in [1.165, 1.54) is 0 Å². The number of halogens is 1. The fourth-order valence-corrected chi connectivity index (χ4v) is 0.550. The molecule has 6 heteroatoms. The molecular weight excluding hydrogens is 273 g/mol. The number of hydrogen-bond acceptors (Lipinski definition) is 3. The van der Waals surface area contributed by atoms with Crippen molar-refractivity contribution in [1.82, 2.24) is 5.32 Å². The van der Waals surface area contributed by atoms with Crippen molar-refractivity contribution in [2.24, 2.45) is 8.94 Å². The van der Waals surface area contributed by atoms with Crippen LogP contribution in [0.3, 0.4) is 0 Å². The van der Waals surface area contributed by atoms with Gasteiger partial charge in [-0.25, -0.2) is 4.79 Å². The number of guanidine groups is 1. The van der Waals surface area contributed by atoms with Crippen molar-refractivity contribution < 1.29 is 9.53 Å². The van der Waals surface area contributed by atoms with Gasteiger partial charge in [-0.2, -0.15) is 3.21 Å². The van der Waals surface area contributed by atoms with Gasteiger partial charge in [0.2, 0.25) is 5.96 Å². The van der Waals surface area contributed by atoms with E-state index in [9.17, 15) is 4.79 Å². The molecular formula is C6H12IN3O2. The van der Waals surface area contributed by atoms with Crippen LogP contribution in [0.15, 0.2) is 3.21 Å². The zero-order valence-corrected chi connectivity index (χ0v) is 9.38. The molecule has 1 amide bonds. The van der Waals surface area contributed by atoms with E-state index in [1.54, 1.807) is 43.6 Å². The topological polar surface area (TPSA) is 76.7 Å². The lowest BCUT2D eigenvalue weighted by molar-refractivity contribution is 0.0563. The molecule has 0 bridgehead atoms. The predicted octanol–water partition coefficient (Wildman–Crippen LogP) is 1.18. The van der Waals surface area contributed by atoms with Crippen LogP contribution in [0, 0.1) is 0 Å². The van der Waals surface area contributed by atoms with Gasteiger partial charge in [0.1, 0.15) is 5.60 Å². The Balaban J connectivity index is 3.92. The van der Waals surface area contributed by atoms with E-state index in [4.69, 9.17) is 10.5 Å². The molecule has 0 aliphatic rings. The van der Waals surface area contributed by atoms with Crippen LogP contribution in [-0.2, 0) is 4.74 Å². The number of amides is 1. The summed E-state index contributed by atoms with van der Waals surface area (Å²) >= 11 is 1.68. The van der Waals surface area contributed by atoms with E-state index in [0.717, 1.165) is 0 Å². The van der Waals surface area contributed by atoms with Crippen LogP contribution in [-0.4, -0.2) is 17.7 Å². The van der Waals surface area contributed by atoms with Gasteiger partial charge in [0.05, 0.1) is 22.9 Å². The first-order valence-corrected chi connectivity index (χ1v) is 4.26. The molecule has 0 aliphatic carbocycles. The fraction of sp³-hybridized carbons (Fsp3) is 0.667. The quantitative estimate of drug-likeness (QED) is 0.398. The van der Waals surface area contributed by atoms with Gasteiger partial charge in [0.25, 0.3) is 0 Å². The van der Waals surface area contributed by atoms with Crippen LogP contribution in [0.1, 0.15) is 20.8 Å². The van der Waals surface area contributed by atoms with Gasteiger partial charge in [-0.1, -0.05) is 0 Å². The minimum absolute atomic E-state index is 0.0323. The molecule has 0 saturated carbocycles. The first-order chi connectivity index (χ1) is 5.35. The second-order valence-electron chi connectivity index (χ2n) is 3.10. The zero-order valence-electron chi connectivity index (χ0n) is 7.22. The van der Waals surface area contributed by atoms with Gasteiger partial charge < -0.3 is 10.5 Å². The van der Waals surface area contributed by atoms with Crippen molar-refractivity contribution in [3.8, 4) is 0 Å². The molecule has 0 atom stereocenters. The molecule has 0 aromatic heterocycles. The third-order valence-electron chi connectivity index (χ3n) is 0.720. The average molecular weight is 285 g/mol. The number of nitrogens with zero attached hydrogens (tertiary/aromatic N) is 1. The van der Waals surface area contributed by atoms with E-state index in [-0.39, 0.29) is 5.96 Å². The number of carbonyl (C=O) groups is 1. The summed E-state index contributed by atoms with van der Waals surface area (Å²) in [5.74, 6) is 0.0323. The van der Waals surface area contributed by atoms with Gasteiger partial charge in [-0.15, -0.1) is 0 Å². The molecule has 0 heterocycles. The highest BCUT2D eigenvalue weighted by Gasteiger charge is 2.16. The Morgan fingerprint density at radius 2 is 2.08 bits per heavy atom. The normalized spacial score (nSPS) is 12.5. The first-order valence-electron chi connectivity index (χ1n) is 3.29. The molecule has 0 saturated heterocycles. The minimum Gasteiger partial charge on any atom is -0.444 e. The van der Waals surface area contributed by atoms with Crippen molar-refractivity contribution in [1.29, 1.82) is 0 Å². The van der Waals surface area contributed by atoms with Crippen LogP contribution in [0.4, 0.5) is 4.79 Å². The van der Waals surface area contributed by atoms with E-state index < -0.39 is 11.7 Å².